The van der Waals surface area contributed by atoms with E-state index in [-0.39, 0.29) is 0 Å². The third kappa shape index (κ3) is 1.02. The zero-order valence-electron chi connectivity index (χ0n) is 11.0. The fourth-order valence-corrected chi connectivity index (χ4v) is 3.28. The van der Waals surface area contributed by atoms with Crippen molar-refractivity contribution in [1.82, 2.24) is 18.9 Å². The van der Waals surface area contributed by atoms with Crippen molar-refractivity contribution in [2.24, 2.45) is 7.05 Å². The van der Waals surface area contributed by atoms with Gasteiger partial charge in [0.2, 0.25) is 5.65 Å². The number of hydrogen-bond acceptors (Lipinski definition) is 2. The van der Waals surface area contributed by atoms with E-state index in [2.05, 4.69) is 48.9 Å². The van der Waals surface area contributed by atoms with Crippen LogP contribution < -0.4 is 4.57 Å². The Bertz CT molecular complexity index is 992. The Kier molecular flexibility index (Phi) is 1.65. The number of hydrogen-bond donors (Lipinski definition) is 0. The lowest BCUT2D eigenvalue weighted by Gasteiger charge is -1.92. The molecule has 0 aliphatic carbocycles. The topological polar surface area (TPSA) is 39.0 Å². The van der Waals surface area contributed by atoms with Gasteiger partial charge < -0.3 is 4.57 Å². The molecule has 4 aromatic heterocycles. The summed E-state index contributed by atoms with van der Waals surface area (Å²) in [6, 6.07) is 4.15. The van der Waals surface area contributed by atoms with Crippen LogP contribution in [0.15, 0.2) is 43.1 Å². The minimum atomic E-state index is 0.891. The summed E-state index contributed by atoms with van der Waals surface area (Å²) in [6.07, 6.45) is 9.79. The van der Waals surface area contributed by atoms with Crippen molar-refractivity contribution in [3.8, 4) is 11.4 Å². The molecule has 0 spiro atoms. The number of aryl methyl sites for hydroxylation is 1. The van der Waals surface area contributed by atoms with Crippen LogP contribution in [0.25, 0.3) is 28.1 Å². The second-order valence-corrected chi connectivity index (χ2v) is 5.23. The highest BCUT2D eigenvalue weighted by molar-refractivity contribution is 5.83. The van der Waals surface area contributed by atoms with Crippen LogP contribution >= 0.6 is 0 Å². The van der Waals surface area contributed by atoms with Gasteiger partial charge in [0, 0.05) is 31.2 Å². The largest absolute Gasteiger partial charge is 0.305 e. The van der Waals surface area contributed by atoms with E-state index in [9.17, 15) is 0 Å². The van der Waals surface area contributed by atoms with E-state index in [0.29, 0.717) is 0 Å². The Hall–Kier alpha value is -2.69. The van der Waals surface area contributed by atoms with Crippen molar-refractivity contribution in [2.75, 3.05) is 0 Å². The van der Waals surface area contributed by atoms with Gasteiger partial charge in [0.15, 0.2) is 11.7 Å². The van der Waals surface area contributed by atoms with Crippen LogP contribution in [0.4, 0.5) is 0 Å². The summed E-state index contributed by atoms with van der Waals surface area (Å²) in [4.78, 5) is 8.51. The highest BCUT2D eigenvalue weighted by Crippen LogP contribution is 2.30. The third-order valence-electron chi connectivity index (χ3n) is 4.19. The molecule has 0 radical (unpaired) electrons. The van der Waals surface area contributed by atoms with Gasteiger partial charge in [-0.3, -0.25) is 9.97 Å². The van der Waals surface area contributed by atoms with E-state index in [1.54, 1.807) is 0 Å². The van der Waals surface area contributed by atoms with Gasteiger partial charge >= 0.3 is 0 Å². The molecular formula is C15H12N5+. The van der Waals surface area contributed by atoms with Crippen molar-refractivity contribution in [2.45, 2.75) is 6.54 Å². The maximum Gasteiger partial charge on any atom is 0.296 e. The minimum absolute atomic E-state index is 0.891. The summed E-state index contributed by atoms with van der Waals surface area (Å²) in [7, 11) is 2.10. The monoisotopic (exact) mass is 262 g/mol. The first-order chi connectivity index (χ1) is 9.84. The fraction of sp³-hybridized carbons (Fsp3) is 0.133. The predicted octanol–water partition coefficient (Wildman–Crippen LogP) is 1.54. The van der Waals surface area contributed by atoms with Crippen LogP contribution in [-0.4, -0.2) is 18.9 Å². The molecule has 96 valence electrons. The molecule has 0 N–H and O–H groups in total. The van der Waals surface area contributed by atoms with E-state index in [1.165, 1.54) is 28.1 Å². The molecule has 5 nitrogen and oxygen atoms in total. The molecule has 0 aromatic carbocycles. The predicted molar refractivity (Wildman–Crippen MR) is 74.2 cm³/mol. The second-order valence-electron chi connectivity index (χ2n) is 5.23. The molecule has 1 aliphatic heterocycles. The van der Waals surface area contributed by atoms with Gasteiger partial charge in [0.1, 0.15) is 6.54 Å². The lowest BCUT2D eigenvalue weighted by molar-refractivity contribution is -0.670. The van der Waals surface area contributed by atoms with E-state index < -0.39 is 0 Å². The van der Waals surface area contributed by atoms with E-state index in [4.69, 9.17) is 0 Å². The number of pyridine rings is 2. The van der Waals surface area contributed by atoms with Crippen LogP contribution in [-0.2, 0) is 13.6 Å². The first-order valence-corrected chi connectivity index (χ1v) is 6.61. The van der Waals surface area contributed by atoms with Crippen LogP contribution in [0.3, 0.4) is 0 Å². The first kappa shape index (κ1) is 10.1. The SMILES string of the molecule is Cn1c2ccncc2n2c3[n+](cc12)Cc1cnccc1-3. The van der Waals surface area contributed by atoms with Crippen LogP contribution in [0.5, 0.6) is 0 Å². The highest BCUT2D eigenvalue weighted by Gasteiger charge is 2.32. The van der Waals surface area contributed by atoms with Gasteiger partial charge in [0.25, 0.3) is 5.82 Å². The van der Waals surface area contributed by atoms with Gasteiger partial charge in [0.05, 0.1) is 17.3 Å². The molecule has 5 heteroatoms. The number of nitrogens with zero attached hydrogens (tertiary/aromatic N) is 5. The molecule has 0 saturated carbocycles. The van der Waals surface area contributed by atoms with Gasteiger partial charge in [-0.05, 0) is 12.1 Å². The lowest BCUT2D eigenvalue weighted by Crippen LogP contribution is -2.29. The molecule has 5 heterocycles. The van der Waals surface area contributed by atoms with Crippen LogP contribution in [0.2, 0.25) is 0 Å². The molecule has 1 aliphatic rings. The van der Waals surface area contributed by atoms with Crippen molar-refractivity contribution in [1.29, 1.82) is 0 Å². The quantitative estimate of drug-likeness (QED) is 0.397. The Morgan fingerprint density at radius 2 is 1.95 bits per heavy atom. The summed E-state index contributed by atoms with van der Waals surface area (Å²) in [5, 5.41) is 0. The van der Waals surface area contributed by atoms with Crippen LogP contribution in [0, 0.1) is 0 Å². The number of fused-ring (bicyclic) bond motifs is 7. The Morgan fingerprint density at radius 1 is 1.10 bits per heavy atom. The minimum Gasteiger partial charge on any atom is -0.305 e. The van der Waals surface area contributed by atoms with Gasteiger partial charge in [-0.15, -0.1) is 0 Å². The smallest absolute Gasteiger partial charge is 0.296 e. The molecule has 0 amide bonds. The van der Waals surface area contributed by atoms with Crippen molar-refractivity contribution in [3.05, 3.63) is 48.7 Å². The highest BCUT2D eigenvalue weighted by atomic mass is 15.2. The molecule has 4 aromatic rings. The van der Waals surface area contributed by atoms with Gasteiger partial charge in [-0.1, -0.05) is 0 Å². The summed E-state index contributed by atoms with van der Waals surface area (Å²) in [5.41, 5.74) is 6.06. The summed E-state index contributed by atoms with van der Waals surface area (Å²) in [6.45, 7) is 0.891. The summed E-state index contributed by atoms with van der Waals surface area (Å²) >= 11 is 0. The third-order valence-corrected chi connectivity index (χ3v) is 4.19. The Balaban J connectivity index is 2.03. The van der Waals surface area contributed by atoms with E-state index >= 15 is 0 Å². The maximum atomic E-state index is 4.28. The van der Waals surface area contributed by atoms with Crippen molar-refractivity contribution >= 4 is 16.7 Å². The van der Waals surface area contributed by atoms with Crippen LogP contribution in [0.1, 0.15) is 5.56 Å². The summed E-state index contributed by atoms with van der Waals surface area (Å²) < 4.78 is 6.78. The molecule has 0 fully saturated rings. The standard InChI is InChI=1S/C15H12N5/c1-18-12-3-5-17-7-13(12)20-14(18)9-19-8-10-6-16-4-2-11(10)15(19)20/h2-7,9H,8H2,1H3/q+1. The molecule has 0 atom stereocenters. The molecule has 5 rings (SSSR count). The van der Waals surface area contributed by atoms with E-state index in [0.717, 1.165) is 12.1 Å². The molecule has 0 saturated heterocycles. The molecule has 0 unspecified atom stereocenters. The number of rotatable bonds is 0. The summed E-state index contributed by atoms with van der Waals surface area (Å²) in [5.74, 6) is 1.22. The average Bonchev–Trinajstić information content (AvgIpc) is 3.08. The molecule has 0 bridgehead atoms. The maximum absolute atomic E-state index is 4.28. The first-order valence-electron chi connectivity index (χ1n) is 6.61. The van der Waals surface area contributed by atoms with Crippen molar-refractivity contribution in [3.63, 3.8) is 0 Å². The van der Waals surface area contributed by atoms with Gasteiger partial charge in [-0.25, -0.2) is 4.57 Å². The van der Waals surface area contributed by atoms with Gasteiger partial charge in [-0.2, -0.15) is 4.40 Å². The zero-order chi connectivity index (χ0) is 13.3. The lowest BCUT2D eigenvalue weighted by atomic mass is 10.2. The fourth-order valence-electron chi connectivity index (χ4n) is 3.28. The zero-order valence-corrected chi connectivity index (χ0v) is 11.0. The Labute approximate surface area is 114 Å². The second kappa shape index (κ2) is 3.25. The Morgan fingerprint density at radius 3 is 2.90 bits per heavy atom. The van der Waals surface area contributed by atoms with E-state index in [1.807, 2.05) is 24.8 Å². The number of aromatic nitrogens is 5. The number of imidazole rings is 2. The van der Waals surface area contributed by atoms with Crippen molar-refractivity contribution < 1.29 is 4.57 Å². The molecular weight excluding hydrogens is 250 g/mol. The normalized spacial score (nSPS) is 13.1. The molecule has 20 heavy (non-hydrogen) atoms. The average molecular weight is 262 g/mol.